The maximum absolute atomic E-state index is 14.0. The van der Waals surface area contributed by atoms with Gasteiger partial charge in [0.15, 0.2) is 0 Å². The van der Waals surface area contributed by atoms with Crippen molar-refractivity contribution in [3.8, 4) is 11.5 Å². The van der Waals surface area contributed by atoms with E-state index in [4.69, 9.17) is 9.11 Å². The third-order valence-electron chi connectivity index (χ3n) is 4.16. The van der Waals surface area contributed by atoms with Crippen LogP contribution in [0.15, 0.2) is 46.2 Å². The van der Waals surface area contributed by atoms with Gasteiger partial charge in [0.2, 0.25) is 5.41 Å². The SMILES string of the molecule is O=S(=O)(O)c1cc(C(c2ccc([O-])c(S(=O)(=O)O)c2)(C(F)(F)F)C(F)(F)F)ccc1[O-].[Na+].[Na+]. The Morgan fingerprint density at radius 3 is 1.12 bits per heavy atom. The Morgan fingerprint density at radius 2 is 0.909 bits per heavy atom. The molecule has 172 valence electrons. The normalized spacial score (nSPS) is 13.1. The first-order valence-electron chi connectivity index (χ1n) is 7.46. The van der Waals surface area contributed by atoms with Gasteiger partial charge in [0, 0.05) is 0 Å². The van der Waals surface area contributed by atoms with E-state index < -0.39 is 70.4 Å². The van der Waals surface area contributed by atoms with E-state index in [1.54, 1.807) is 0 Å². The summed E-state index contributed by atoms with van der Waals surface area (Å²) < 4.78 is 147. The van der Waals surface area contributed by atoms with Crippen LogP contribution in [0.2, 0.25) is 0 Å². The minimum Gasteiger partial charge on any atom is -0.872 e. The van der Waals surface area contributed by atoms with Crippen LogP contribution in [0.25, 0.3) is 0 Å². The van der Waals surface area contributed by atoms with Gasteiger partial charge in [0.1, 0.15) is 0 Å². The van der Waals surface area contributed by atoms with Crippen LogP contribution in [-0.2, 0) is 25.7 Å². The Balaban J connectivity index is 0.00000512. The standard InChI is InChI=1S/C15H10F6O8S2.2Na/c16-14(17,18)13(15(19,20)21,7-1-3-9(22)11(5-7)30(24,25)26)8-2-4-10(23)12(6-8)31(27,28)29;;/h1-6,22-23H,(H,24,25,26)(H,27,28,29);;/q;2*+1/p-2. The molecule has 0 heterocycles. The Kier molecular flexibility index (Phi) is 10.0. The fraction of sp³-hybridized carbons (Fsp3) is 0.200. The zero-order valence-electron chi connectivity index (χ0n) is 16.4. The average Bonchev–Trinajstić information content (AvgIpc) is 2.53. The van der Waals surface area contributed by atoms with Gasteiger partial charge < -0.3 is 10.2 Å². The third-order valence-corrected chi connectivity index (χ3v) is 5.91. The zero-order chi connectivity index (χ0) is 24.2. The number of benzene rings is 2. The van der Waals surface area contributed by atoms with Crippen molar-refractivity contribution in [1.82, 2.24) is 0 Å². The van der Waals surface area contributed by atoms with Gasteiger partial charge in [-0.05, 0) is 23.3 Å². The van der Waals surface area contributed by atoms with Crippen LogP contribution in [0.5, 0.6) is 11.5 Å². The largest absolute Gasteiger partial charge is 1.00 e. The topological polar surface area (TPSA) is 155 Å². The maximum Gasteiger partial charge on any atom is 1.00 e. The fourth-order valence-electron chi connectivity index (χ4n) is 2.87. The number of halogens is 6. The Hall–Kier alpha value is -0.560. The van der Waals surface area contributed by atoms with E-state index in [0.29, 0.717) is 0 Å². The predicted molar refractivity (Wildman–Crippen MR) is 84.3 cm³/mol. The molecule has 0 unspecified atom stereocenters. The molecule has 8 nitrogen and oxygen atoms in total. The zero-order valence-corrected chi connectivity index (χ0v) is 22.0. The maximum atomic E-state index is 14.0. The summed E-state index contributed by atoms with van der Waals surface area (Å²) in [4.78, 5) is -3.61. The molecule has 2 aromatic rings. The van der Waals surface area contributed by atoms with Gasteiger partial charge in [-0.15, -0.1) is 0 Å². The molecule has 0 saturated carbocycles. The number of hydrogen-bond acceptors (Lipinski definition) is 6. The summed E-state index contributed by atoms with van der Waals surface area (Å²) in [5.41, 5.74) is -9.03. The first-order chi connectivity index (χ1) is 13.7. The molecule has 0 bridgehead atoms. The molecule has 33 heavy (non-hydrogen) atoms. The van der Waals surface area contributed by atoms with E-state index in [-0.39, 0.29) is 95.5 Å². The van der Waals surface area contributed by atoms with Gasteiger partial charge in [-0.2, -0.15) is 43.2 Å². The van der Waals surface area contributed by atoms with Gasteiger partial charge in [-0.1, -0.05) is 35.8 Å². The molecule has 18 heteroatoms. The van der Waals surface area contributed by atoms with Crippen molar-refractivity contribution >= 4 is 20.2 Å². The van der Waals surface area contributed by atoms with E-state index >= 15 is 0 Å². The Labute approximate surface area is 226 Å². The molecule has 2 aromatic carbocycles. The van der Waals surface area contributed by atoms with Gasteiger partial charge in [0.05, 0.1) is 9.79 Å². The van der Waals surface area contributed by atoms with Crippen LogP contribution in [0.3, 0.4) is 0 Å². The molecule has 0 radical (unpaired) electrons. The van der Waals surface area contributed by atoms with Crippen LogP contribution in [0, 0.1) is 0 Å². The minimum absolute atomic E-state index is 0. The molecule has 2 rings (SSSR count). The van der Waals surface area contributed by atoms with Crippen molar-refractivity contribution in [2.45, 2.75) is 27.6 Å². The molecule has 0 aromatic heterocycles. The van der Waals surface area contributed by atoms with Gasteiger partial charge in [-0.25, -0.2) is 0 Å². The number of rotatable bonds is 4. The summed E-state index contributed by atoms with van der Waals surface area (Å²) in [6.07, 6.45) is -12.7. The summed E-state index contributed by atoms with van der Waals surface area (Å²) in [6.45, 7) is 0. The third kappa shape index (κ3) is 5.99. The van der Waals surface area contributed by atoms with E-state index in [1.165, 1.54) is 0 Å². The summed E-state index contributed by atoms with van der Waals surface area (Å²) >= 11 is 0. The van der Waals surface area contributed by atoms with Gasteiger partial charge in [0.25, 0.3) is 20.2 Å². The average molecular weight is 540 g/mol. The van der Waals surface area contributed by atoms with Crippen molar-refractivity contribution in [3.05, 3.63) is 47.5 Å². The first kappa shape index (κ1) is 32.4. The molecule has 0 fully saturated rings. The smallest absolute Gasteiger partial charge is 0.872 e. The molecule has 0 aliphatic heterocycles. The summed E-state index contributed by atoms with van der Waals surface area (Å²) in [6, 6.07) is -0.715. The van der Waals surface area contributed by atoms with E-state index in [1.807, 2.05) is 0 Å². The van der Waals surface area contributed by atoms with Crippen molar-refractivity contribution in [1.29, 1.82) is 0 Å². The van der Waals surface area contributed by atoms with Gasteiger partial charge in [-0.3, -0.25) is 9.11 Å². The Morgan fingerprint density at radius 1 is 0.636 bits per heavy atom. The summed E-state index contributed by atoms with van der Waals surface area (Å²) in [5.74, 6) is -3.25. The molecule has 0 saturated heterocycles. The minimum atomic E-state index is -6.35. The molecule has 2 N–H and O–H groups in total. The van der Waals surface area contributed by atoms with Crippen molar-refractivity contribution < 1.29 is 122 Å². The first-order valence-corrected chi connectivity index (χ1v) is 10.3. The van der Waals surface area contributed by atoms with Crippen molar-refractivity contribution in [3.63, 3.8) is 0 Å². The Bertz CT molecular complexity index is 1150. The van der Waals surface area contributed by atoms with E-state index in [2.05, 4.69) is 0 Å². The molecule has 0 aliphatic rings. The molecular weight excluding hydrogens is 532 g/mol. The number of alkyl halides is 6. The fourth-order valence-corrected chi connectivity index (χ4v) is 4.06. The van der Waals surface area contributed by atoms with E-state index in [9.17, 15) is 53.4 Å². The van der Waals surface area contributed by atoms with Crippen LogP contribution in [0.4, 0.5) is 26.3 Å². The predicted octanol–water partition coefficient (Wildman–Crippen LogP) is -4.25. The van der Waals surface area contributed by atoms with E-state index in [0.717, 1.165) is 0 Å². The second-order valence-corrected chi connectivity index (χ2v) is 8.80. The summed E-state index contributed by atoms with van der Waals surface area (Å²) in [7, 11) is -11.1. The molecule has 0 aliphatic carbocycles. The second-order valence-electron chi connectivity index (χ2n) is 6.02. The molecule has 0 spiro atoms. The van der Waals surface area contributed by atoms with Crippen molar-refractivity contribution in [2.75, 3.05) is 0 Å². The van der Waals surface area contributed by atoms with Crippen LogP contribution >= 0.6 is 0 Å². The van der Waals surface area contributed by atoms with Crippen LogP contribution < -0.4 is 69.3 Å². The van der Waals surface area contributed by atoms with Crippen LogP contribution in [0.1, 0.15) is 11.1 Å². The molecular formula is C15H8F6Na2O8S2. The van der Waals surface area contributed by atoms with Crippen LogP contribution in [-0.4, -0.2) is 38.3 Å². The van der Waals surface area contributed by atoms with Crippen molar-refractivity contribution in [2.24, 2.45) is 0 Å². The van der Waals surface area contributed by atoms with Gasteiger partial charge >= 0.3 is 71.5 Å². The second kappa shape index (κ2) is 10.2. The molecule has 0 atom stereocenters. The number of hydrogen-bond donors (Lipinski definition) is 2. The molecule has 0 amide bonds. The monoisotopic (exact) mass is 540 g/mol. The quantitative estimate of drug-likeness (QED) is 0.225. The summed E-state index contributed by atoms with van der Waals surface area (Å²) in [5, 5.41) is 23.1.